The molecule has 2 rings (SSSR count). The van der Waals surface area contributed by atoms with Crippen molar-refractivity contribution in [2.45, 2.75) is 24.8 Å². The van der Waals surface area contributed by atoms with Gasteiger partial charge in [0.2, 0.25) is 0 Å². The summed E-state index contributed by atoms with van der Waals surface area (Å²) in [6.07, 6.45) is 4.13. The normalized spacial score (nSPS) is 23.2. The first-order valence-electron chi connectivity index (χ1n) is 4.11. The molecule has 1 aliphatic heterocycles. The predicted octanol–water partition coefficient (Wildman–Crippen LogP) is 2.00. The van der Waals surface area contributed by atoms with Crippen molar-refractivity contribution in [2.75, 3.05) is 6.61 Å². The minimum Gasteiger partial charge on any atom is -0.370 e. The fraction of sp³-hybridized carbons (Fsp3) is 0.625. The van der Waals surface area contributed by atoms with Gasteiger partial charge in [-0.3, -0.25) is 0 Å². The van der Waals surface area contributed by atoms with Crippen molar-refractivity contribution >= 4 is 11.6 Å². The number of aromatic amines is 1. The number of halogens is 1. The van der Waals surface area contributed by atoms with E-state index in [4.69, 9.17) is 16.3 Å². The fourth-order valence-corrected chi connectivity index (χ4v) is 1.54. The third-order valence-electron chi connectivity index (χ3n) is 2.03. The van der Waals surface area contributed by atoms with Crippen LogP contribution >= 0.6 is 11.6 Å². The van der Waals surface area contributed by atoms with E-state index in [0.717, 1.165) is 31.0 Å². The number of H-pyrrole nitrogens is 1. The Bertz CT molecular complexity index is 255. The number of nitrogens with zero attached hydrogens (tertiary/aromatic N) is 1. The average Bonchev–Trinajstić information content (AvgIpc) is 2.75. The summed E-state index contributed by atoms with van der Waals surface area (Å²) in [4.78, 5) is 7.34. The molecule has 1 saturated heterocycles. The molecular formula is C8H11ClN2O. The summed E-state index contributed by atoms with van der Waals surface area (Å²) in [5.41, 5.74) is 0.960. The van der Waals surface area contributed by atoms with Gasteiger partial charge in [-0.2, -0.15) is 0 Å². The lowest BCUT2D eigenvalue weighted by Crippen LogP contribution is -1.97. The zero-order valence-corrected chi connectivity index (χ0v) is 7.47. The Balaban J connectivity index is 2.11. The molecule has 1 N–H and O–H groups in total. The number of nitrogens with one attached hydrogen (secondary N) is 1. The zero-order valence-electron chi connectivity index (χ0n) is 6.72. The molecule has 0 aromatic carbocycles. The first kappa shape index (κ1) is 8.08. The Morgan fingerprint density at radius 3 is 3.25 bits per heavy atom. The van der Waals surface area contributed by atoms with Gasteiger partial charge in [-0.15, -0.1) is 11.6 Å². The van der Waals surface area contributed by atoms with Crippen molar-refractivity contribution in [2.24, 2.45) is 0 Å². The van der Waals surface area contributed by atoms with E-state index in [1.165, 1.54) is 0 Å². The Morgan fingerprint density at radius 1 is 1.75 bits per heavy atom. The number of hydrogen-bond acceptors (Lipinski definition) is 2. The summed E-state index contributed by atoms with van der Waals surface area (Å²) in [6, 6.07) is 0. The molecule has 1 aromatic rings. The van der Waals surface area contributed by atoms with Gasteiger partial charge in [0.25, 0.3) is 0 Å². The van der Waals surface area contributed by atoms with E-state index in [-0.39, 0.29) is 6.10 Å². The van der Waals surface area contributed by atoms with Crippen molar-refractivity contribution in [3.63, 3.8) is 0 Å². The van der Waals surface area contributed by atoms with Crippen LogP contribution in [0.4, 0.5) is 0 Å². The first-order valence-corrected chi connectivity index (χ1v) is 4.65. The maximum atomic E-state index is 5.63. The summed E-state index contributed by atoms with van der Waals surface area (Å²) in [7, 11) is 0. The summed E-state index contributed by atoms with van der Waals surface area (Å²) in [6.45, 7) is 0.849. The van der Waals surface area contributed by atoms with Gasteiger partial charge < -0.3 is 9.72 Å². The molecule has 0 bridgehead atoms. The minimum atomic E-state index is 0.168. The number of imidazole rings is 1. The Morgan fingerprint density at radius 2 is 2.67 bits per heavy atom. The first-order chi connectivity index (χ1) is 5.90. The number of rotatable bonds is 2. The third kappa shape index (κ3) is 1.47. The quantitative estimate of drug-likeness (QED) is 0.718. The second-order valence-electron chi connectivity index (χ2n) is 2.93. The smallest absolute Gasteiger partial charge is 0.135 e. The molecule has 1 atom stereocenters. The molecule has 1 aliphatic rings. The van der Waals surface area contributed by atoms with Gasteiger partial charge in [-0.1, -0.05) is 0 Å². The molecule has 0 saturated carbocycles. The van der Waals surface area contributed by atoms with Crippen LogP contribution in [-0.4, -0.2) is 16.6 Å². The van der Waals surface area contributed by atoms with Gasteiger partial charge in [0.1, 0.15) is 11.9 Å². The average molecular weight is 187 g/mol. The zero-order chi connectivity index (χ0) is 8.39. The second-order valence-corrected chi connectivity index (χ2v) is 3.20. The number of hydrogen-bond donors (Lipinski definition) is 1. The fourth-order valence-electron chi connectivity index (χ4n) is 1.40. The predicted molar refractivity (Wildman–Crippen MR) is 46.1 cm³/mol. The van der Waals surface area contributed by atoms with Crippen molar-refractivity contribution in [3.8, 4) is 0 Å². The minimum absolute atomic E-state index is 0.168. The highest BCUT2D eigenvalue weighted by Gasteiger charge is 2.20. The summed E-state index contributed by atoms with van der Waals surface area (Å²) < 4.78 is 5.46. The van der Waals surface area contributed by atoms with Gasteiger partial charge in [0, 0.05) is 18.5 Å². The Hall–Kier alpha value is -0.540. The molecule has 0 amide bonds. The van der Waals surface area contributed by atoms with E-state index >= 15 is 0 Å². The molecule has 66 valence electrons. The van der Waals surface area contributed by atoms with Crippen LogP contribution < -0.4 is 0 Å². The maximum Gasteiger partial charge on any atom is 0.135 e. The van der Waals surface area contributed by atoms with Gasteiger partial charge >= 0.3 is 0 Å². The van der Waals surface area contributed by atoms with E-state index < -0.39 is 0 Å². The molecule has 4 heteroatoms. The van der Waals surface area contributed by atoms with Gasteiger partial charge in [0.05, 0.1) is 5.88 Å². The molecule has 2 heterocycles. The SMILES string of the molecule is ClCc1cnc(C2CCCO2)[nH]1. The lowest BCUT2D eigenvalue weighted by molar-refractivity contribution is 0.105. The molecule has 1 unspecified atom stereocenters. The van der Waals surface area contributed by atoms with Crippen LogP contribution in [-0.2, 0) is 10.6 Å². The second kappa shape index (κ2) is 3.46. The molecule has 0 spiro atoms. The van der Waals surface area contributed by atoms with Crippen molar-refractivity contribution in [1.29, 1.82) is 0 Å². The van der Waals surface area contributed by atoms with Crippen LogP contribution in [0.3, 0.4) is 0 Å². The van der Waals surface area contributed by atoms with Crippen molar-refractivity contribution in [1.82, 2.24) is 9.97 Å². The number of alkyl halides is 1. The Kier molecular flexibility index (Phi) is 2.33. The molecule has 3 nitrogen and oxygen atoms in total. The lowest BCUT2D eigenvalue weighted by atomic mass is 10.2. The highest BCUT2D eigenvalue weighted by Crippen LogP contribution is 2.26. The van der Waals surface area contributed by atoms with Gasteiger partial charge in [0.15, 0.2) is 0 Å². The third-order valence-corrected chi connectivity index (χ3v) is 2.31. The van der Waals surface area contributed by atoms with Crippen LogP contribution in [0.5, 0.6) is 0 Å². The highest BCUT2D eigenvalue weighted by molar-refractivity contribution is 6.16. The number of ether oxygens (including phenoxy) is 1. The molecule has 0 aliphatic carbocycles. The standard InChI is InChI=1S/C8H11ClN2O/c9-4-6-5-10-8(11-6)7-2-1-3-12-7/h5,7H,1-4H2,(H,10,11). The van der Waals surface area contributed by atoms with Gasteiger partial charge in [-0.25, -0.2) is 4.98 Å². The van der Waals surface area contributed by atoms with Crippen LogP contribution in [0.1, 0.15) is 30.5 Å². The van der Waals surface area contributed by atoms with Crippen LogP contribution in [0, 0.1) is 0 Å². The lowest BCUT2D eigenvalue weighted by Gasteiger charge is -2.03. The van der Waals surface area contributed by atoms with Crippen molar-refractivity contribution < 1.29 is 4.74 Å². The molecule has 1 aromatic heterocycles. The van der Waals surface area contributed by atoms with E-state index in [2.05, 4.69) is 9.97 Å². The summed E-state index contributed by atoms with van der Waals surface area (Å²) >= 11 is 5.63. The monoisotopic (exact) mass is 186 g/mol. The molecule has 12 heavy (non-hydrogen) atoms. The highest BCUT2D eigenvalue weighted by atomic mass is 35.5. The molecule has 1 fully saturated rings. The topological polar surface area (TPSA) is 37.9 Å². The number of aromatic nitrogens is 2. The van der Waals surface area contributed by atoms with E-state index in [1.807, 2.05) is 0 Å². The largest absolute Gasteiger partial charge is 0.370 e. The molecular weight excluding hydrogens is 176 g/mol. The van der Waals surface area contributed by atoms with Crippen LogP contribution in [0.25, 0.3) is 0 Å². The van der Waals surface area contributed by atoms with Gasteiger partial charge in [-0.05, 0) is 12.8 Å². The molecule has 0 radical (unpaired) electrons. The maximum absolute atomic E-state index is 5.63. The summed E-state index contributed by atoms with van der Waals surface area (Å²) in [5.74, 6) is 1.41. The Labute approximate surface area is 76.1 Å². The van der Waals surface area contributed by atoms with Crippen LogP contribution in [0.15, 0.2) is 6.20 Å². The van der Waals surface area contributed by atoms with Crippen LogP contribution in [0.2, 0.25) is 0 Å². The summed E-state index contributed by atoms with van der Waals surface area (Å²) in [5, 5.41) is 0. The van der Waals surface area contributed by atoms with E-state index in [9.17, 15) is 0 Å². The van der Waals surface area contributed by atoms with E-state index in [1.54, 1.807) is 6.20 Å². The van der Waals surface area contributed by atoms with Crippen molar-refractivity contribution in [3.05, 3.63) is 17.7 Å². The van der Waals surface area contributed by atoms with E-state index in [0.29, 0.717) is 5.88 Å².